The van der Waals surface area contributed by atoms with Crippen LogP contribution >= 0.6 is 0 Å². The Morgan fingerprint density at radius 2 is 2.06 bits per heavy atom. The molecule has 1 fully saturated rings. The molecular weight excluding hydrogens is 230 g/mol. The van der Waals surface area contributed by atoms with Crippen molar-refractivity contribution in [2.75, 3.05) is 6.54 Å². The second kappa shape index (κ2) is 5.31. The van der Waals surface area contributed by atoms with E-state index >= 15 is 0 Å². The first-order chi connectivity index (χ1) is 8.59. The molecule has 4 nitrogen and oxygen atoms in total. The smallest absolute Gasteiger partial charge is 0.321 e. The normalized spacial score (nSPS) is 22.7. The number of carbonyl (C=O) groups is 2. The Hall–Kier alpha value is -1.68. The highest BCUT2D eigenvalue weighted by Crippen LogP contribution is 2.27. The maximum absolute atomic E-state index is 11.4. The zero-order valence-corrected chi connectivity index (χ0v) is 10.4. The molecule has 1 aromatic rings. The molecule has 96 valence electrons. The van der Waals surface area contributed by atoms with E-state index in [0.717, 1.165) is 5.56 Å². The number of piperidine rings is 1. The zero-order valence-electron chi connectivity index (χ0n) is 10.4. The van der Waals surface area contributed by atoms with Gasteiger partial charge in [-0.3, -0.25) is 14.5 Å². The van der Waals surface area contributed by atoms with Gasteiger partial charge in [0.25, 0.3) is 0 Å². The molecule has 1 heterocycles. The molecule has 2 atom stereocenters. The van der Waals surface area contributed by atoms with Crippen molar-refractivity contribution in [3.05, 3.63) is 35.9 Å². The van der Waals surface area contributed by atoms with Gasteiger partial charge < -0.3 is 5.11 Å². The molecule has 0 aromatic heterocycles. The number of carboxylic acid groups (broad SMARTS) is 1. The van der Waals surface area contributed by atoms with Crippen molar-refractivity contribution >= 4 is 11.8 Å². The summed E-state index contributed by atoms with van der Waals surface area (Å²) in [6, 6.07) is 9.11. The first kappa shape index (κ1) is 12.8. The quantitative estimate of drug-likeness (QED) is 0.885. The minimum atomic E-state index is -0.911. The number of hydrogen-bond acceptors (Lipinski definition) is 3. The van der Waals surface area contributed by atoms with E-state index in [2.05, 4.69) is 0 Å². The summed E-state index contributed by atoms with van der Waals surface area (Å²) < 4.78 is 0. The number of ketones is 1. The number of nitrogens with zero attached hydrogens (tertiary/aromatic N) is 1. The summed E-state index contributed by atoms with van der Waals surface area (Å²) >= 11 is 0. The zero-order chi connectivity index (χ0) is 13.1. The molecule has 0 bridgehead atoms. The van der Waals surface area contributed by atoms with E-state index in [1.807, 2.05) is 42.2 Å². The maximum atomic E-state index is 11.4. The van der Waals surface area contributed by atoms with Gasteiger partial charge in [-0.2, -0.15) is 0 Å². The molecule has 1 aromatic carbocycles. The summed E-state index contributed by atoms with van der Waals surface area (Å²) in [7, 11) is 0. The lowest BCUT2D eigenvalue weighted by atomic mass is 9.96. The molecule has 18 heavy (non-hydrogen) atoms. The number of rotatable bonds is 3. The molecule has 0 saturated carbocycles. The molecular formula is C14H17NO3. The lowest BCUT2D eigenvalue weighted by Gasteiger charge is -2.37. The van der Waals surface area contributed by atoms with Gasteiger partial charge in [0.15, 0.2) is 0 Å². The topological polar surface area (TPSA) is 57.6 Å². The molecule has 0 radical (unpaired) electrons. The Bertz CT molecular complexity index is 444. The van der Waals surface area contributed by atoms with Crippen LogP contribution in [-0.2, 0) is 9.59 Å². The van der Waals surface area contributed by atoms with Gasteiger partial charge in [-0.05, 0) is 12.5 Å². The van der Waals surface area contributed by atoms with Gasteiger partial charge in [-0.15, -0.1) is 0 Å². The second-order valence-corrected chi connectivity index (χ2v) is 4.67. The monoisotopic (exact) mass is 247 g/mol. The van der Waals surface area contributed by atoms with Crippen molar-refractivity contribution in [2.45, 2.75) is 31.8 Å². The van der Waals surface area contributed by atoms with Gasteiger partial charge in [0.1, 0.15) is 11.8 Å². The molecule has 1 N–H and O–H groups in total. The SMILES string of the molecule is C[C@H](c1ccccc1)N1CCC(=O)CC1C(=O)O. The molecule has 1 aliphatic heterocycles. The largest absolute Gasteiger partial charge is 0.480 e. The Kier molecular flexibility index (Phi) is 3.77. The predicted octanol–water partition coefficient (Wildman–Crippen LogP) is 1.87. The predicted molar refractivity (Wildman–Crippen MR) is 67.2 cm³/mol. The number of benzene rings is 1. The van der Waals surface area contributed by atoms with Gasteiger partial charge in [-0.25, -0.2) is 0 Å². The number of hydrogen-bond donors (Lipinski definition) is 1. The minimum Gasteiger partial charge on any atom is -0.480 e. The fraction of sp³-hybridized carbons (Fsp3) is 0.429. The number of carbonyl (C=O) groups excluding carboxylic acids is 1. The highest BCUT2D eigenvalue weighted by atomic mass is 16.4. The summed E-state index contributed by atoms with van der Waals surface area (Å²) in [6.45, 7) is 2.51. The molecule has 0 aliphatic carbocycles. The van der Waals surface area contributed by atoms with Crippen LogP contribution in [0.3, 0.4) is 0 Å². The molecule has 1 aliphatic rings. The van der Waals surface area contributed by atoms with Gasteiger partial charge >= 0.3 is 5.97 Å². The van der Waals surface area contributed by atoms with Crippen molar-refractivity contribution in [1.82, 2.24) is 4.90 Å². The van der Waals surface area contributed by atoms with Gasteiger partial charge in [0, 0.05) is 25.4 Å². The van der Waals surface area contributed by atoms with E-state index in [4.69, 9.17) is 0 Å². The fourth-order valence-electron chi connectivity index (χ4n) is 2.46. The van der Waals surface area contributed by atoms with E-state index < -0.39 is 12.0 Å². The van der Waals surface area contributed by atoms with Gasteiger partial charge in [-0.1, -0.05) is 30.3 Å². The van der Waals surface area contributed by atoms with Crippen LogP contribution < -0.4 is 0 Å². The van der Waals surface area contributed by atoms with E-state index in [1.54, 1.807) is 0 Å². The molecule has 0 spiro atoms. The fourth-order valence-corrected chi connectivity index (χ4v) is 2.46. The molecule has 0 amide bonds. The molecule has 4 heteroatoms. The maximum Gasteiger partial charge on any atom is 0.321 e. The third-order valence-corrected chi connectivity index (χ3v) is 3.53. The van der Waals surface area contributed by atoms with Crippen molar-refractivity contribution in [2.24, 2.45) is 0 Å². The van der Waals surface area contributed by atoms with Crippen LogP contribution in [0.4, 0.5) is 0 Å². The van der Waals surface area contributed by atoms with Crippen LogP contribution in [0, 0.1) is 0 Å². The number of carboxylic acids is 1. The van der Waals surface area contributed by atoms with Crippen LogP contribution in [0.5, 0.6) is 0 Å². The van der Waals surface area contributed by atoms with E-state index in [-0.39, 0.29) is 18.2 Å². The molecule has 1 saturated heterocycles. The standard InChI is InChI=1S/C14H17NO3/c1-10(11-5-3-2-4-6-11)15-8-7-12(16)9-13(15)14(17)18/h2-6,10,13H,7-9H2,1H3,(H,17,18)/t10-,13?/m1/s1. The van der Waals surface area contributed by atoms with Crippen LogP contribution in [-0.4, -0.2) is 34.3 Å². The Labute approximate surface area is 106 Å². The summed E-state index contributed by atoms with van der Waals surface area (Å²) in [6.07, 6.45) is 0.563. The van der Waals surface area contributed by atoms with Crippen LogP contribution in [0.25, 0.3) is 0 Å². The average molecular weight is 247 g/mol. The summed E-state index contributed by atoms with van der Waals surface area (Å²) in [5.41, 5.74) is 1.08. The minimum absolute atomic E-state index is 0.0143. The summed E-state index contributed by atoms with van der Waals surface area (Å²) in [5.74, 6) is -0.871. The number of aliphatic carboxylic acids is 1. The average Bonchev–Trinajstić information content (AvgIpc) is 2.39. The highest BCUT2D eigenvalue weighted by Gasteiger charge is 2.35. The third kappa shape index (κ3) is 2.59. The van der Waals surface area contributed by atoms with Crippen LogP contribution in [0.15, 0.2) is 30.3 Å². The summed E-state index contributed by atoms with van der Waals surface area (Å²) in [4.78, 5) is 24.5. The molecule has 2 rings (SSSR count). The molecule has 1 unspecified atom stereocenters. The van der Waals surface area contributed by atoms with E-state index in [0.29, 0.717) is 13.0 Å². The van der Waals surface area contributed by atoms with Crippen molar-refractivity contribution < 1.29 is 14.7 Å². The Morgan fingerprint density at radius 3 is 2.67 bits per heavy atom. The Balaban J connectivity index is 2.20. The Morgan fingerprint density at radius 1 is 1.39 bits per heavy atom. The van der Waals surface area contributed by atoms with Crippen molar-refractivity contribution in [3.8, 4) is 0 Å². The summed E-state index contributed by atoms with van der Waals surface area (Å²) in [5, 5.41) is 9.23. The highest BCUT2D eigenvalue weighted by molar-refractivity contribution is 5.87. The van der Waals surface area contributed by atoms with Crippen molar-refractivity contribution in [3.63, 3.8) is 0 Å². The number of likely N-dealkylation sites (tertiary alicyclic amines) is 1. The third-order valence-electron chi connectivity index (χ3n) is 3.53. The van der Waals surface area contributed by atoms with Crippen LogP contribution in [0.2, 0.25) is 0 Å². The lowest BCUT2D eigenvalue weighted by Crippen LogP contribution is -2.48. The van der Waals surface area contributed by atoms with E-state index in [9.17, 15) is 14.7 Å². The lowest BCUT2D eigenvalue weighted by molar-refractivity contribution is -0.148. The number of Topliss-reactive ketones (excluding diaryl/α,β-unsaturated/α-hetero) is 1. The van der Waals surface area contributed by atoms with Gasteiger partial charge in [0.05, 0.1) is 0 Å². The van der Waals surface area contributed by atoms with Gasteiger partial charge in [0.2, 0.25) is 0 Å². The first-order valence-electron chi connectivity index (χ1n) is 6.15. The van der Waals surface area contributed by atoms with Crippen molar-refractivity contribution in [1.29, 1.82) is 0 Å². The van der Waals surface area contributed by atoms with E-state index in [1.165, 1.54) is 0 Å². The first-order valence-corrected chi connectivity index (χ1v) is 6.15. The van der Waals surface area contributed by atoms with Crippen LogP contribution in [0.1, 0.15) is 31.4 Å². The second-order valence-electron chi connectivity index (χ2n) is 4.67.